The number of aliphatic hydroxyl groups is 2. The van der Waals surface area contributed by atoms with Crippen molar-refractivity contribution in [2.75, 3.05) is 44.8 Å². The molecule has 2 aromatic rings. The van der Waals surface area contributed by atoms with Crippen molar-refractivity contribution in [3.05, 3.63) is 16.3 Å². The molecule has 7 nitrogen and oxygen atoms in total. The molecule has 2 aliphatic rings. The Morgan fingerprint density at radius 1 is 1.19 bits per heavy atom. The number of nitrogens with zero attached hydrogens (tertiary/aromatic N) is 3. The van der Waals surface area contributed by atoms with Gasteiger partial charge in [-0.3, -0.25) is 4.90 Å². The summed E-state index contributed by atoms with van der Waals surface area (Å²) in [5.41, 5.74) is 1.37. The highest BCUT2D eigenvalue weighted by atomic mass is 32.1. The van der Waals surface area contributed by atoms with Gasteiger partial charge in [-0.25, -0.2) is 9.97 Å². The molecule has 4 rings (SSSR count). The summed E-state index contributed by atoms with van der Waals surface area (Å²) in [5.74, 6) is 1.60. The summed E-state index contributed by atoms with van der Waals surface area (Å²) in [6.07, 6.45) is 3.83. The minimum Gasteiger partial charge on any atom is -0.394 e. The summed E-state index contributed by atoms with van der Waals surface area (Å²) < 4.78 is 5.42. The number of aryl methyl sites for hydroxylation is 2. The molecule has 0 amide bonds. The number of thiophene rings is 1. The van der Waals surface area contributed by atoms with Gasteiger partial charge in [0.15, 0.2) is 0 Å². The van der Waals surface area contributed by atoms with Gasteiger partial charge in [0, 0.05) is 24.5 Å². The zero-order valence-corrected chi connectivity index (χ0v) is 15.7. The van der Waals surface area contributed by atoms with Gasteiger partial charge in [0.25, 0.3) is 0 Å². The van der Waals surface area contributed by atoms with E-state index in [-0.39, 0.29) is 13.2 Å². The van der Waals surface area contributed by atoms with Gasteiger partial charge in [-0.05, 0) is 31.2 Å². The van der Waals surface area contributed by atoms with Crippen LogP contribution in [0.4, 0.5) is 5.82 Å². The monoisotopic (exact) mass is 378 g/mol. The molecule has 0 saturated carbocycles. The van der Waals surface area contributed by atoms with Crippen molar-refractivity contribution < 1.29 is 14.9 Å². The highest BCUT2D eigenvalue weighted by Gasteiger charge is 2.22. The van der Waals surface area contributed by atoms with E-state index < -0.39 is 6.10 Å². The Balaban J connectivity index is 1.67. The van der Waals surface area contributed by atoms with Crippen molar-refractivity contribution in [2.24, 2.45) is 0 Å². The molecule has 2 aromatic heterocycles. The van der Waals surface area contributed by atoms with Crippen LogP contribution in [0.3, 0.4) is 0 Å². The number of anilines is 1. The minimum atomic E-state index is -0.794. The summed E-state index contributed by atoms with van der Waals surface area (Å²) in [6, 6.07) is 0. The van der Waals surface area contributed by atoms with Crippen LogP contribution in [0.25, 0.3) is 10.2 Å². The molecule has 8 heteroatoms. The van der Waals surface area contributed by atoms with E-state index in [9.17, 15) is 5.11 Å². The van der Waals surface area contributed by atoms with Crippen LogP contribution >= 0.6 is 11.3 Å². The van der Waals surface area contributed by atoms with E-state index in [0.717, 1.165) is 61.0 Å². The van der Waals surface area contributed by atoms with E-state index in [0.29, 0.717) is 6.54 Å². The normalized spacial score (nSPS) is 19.5. The quantitative estimate of drug-likeness (QED) is 0.695. The summed E-state index contributed by atoms with van der Waals surface area (Å²) in [7, 11) is 0. The van der Waals surface area contributed by atoms with Crippen molar-refractivity contribution >= 4 is 27.4 Å². The first-order valence-electron chi connectivity index (χ1n) is 9.38. The molecular weight excluding hydrogens is 352 g/mol. The molecule has 0 aromatic carbocycles. The fourth-order valence-electron chi connectivity index (χ4n) is 3.64. The molecular formula is C18H26N4O3S. The predicted octanol–water partition coefficient (Wildman–Crippen LogP) is 1.17. The molecule has 0 bridgehead atoms. The molecule has 0 unspecified atom stereocenters. The van der Waals surface area contributed by atoms with Crippen molar-refractivity contribution in [1.82, 2.24) is 14.9 Å². The van der Waals surface area contributed by atoms with Crippen LogP contribution in [-0.4, -0.2) is 70.6 Å². The summed E-state index contributed by atoms with van der Waals surface area (Å²) >= 11 is 1.78. The van der Waals surface area contributed by atoms with Crippen molar-refractivity contribution in [3.63, 3.8) is 0 Å². The molecule has 26 heavy (non-hydrogen) atoms. The number of fused-ring (bicyclic) bond motifs is 3. The van der Waals surface area contributed by atoms with Gasteiger partial charge in [-0.2, -0.15) is 0 Å². The zero-order valence-electron chi connectivity index (χ0n) is 14.9. The maximum Gasteiger partial charge on any atom is 0.146 e. The maximum absolute atomic E-state index is 9.74. The maximum atomic E-state index is 9.74. The minimum absolute atomic E-state index is 0.260. The fraction of sp³-hybridized carbons (Fsp3) is 0.667. The Morgan fingerprint density at radius 2 is 2.00 bits per heavy atom. The van der Waals surface area contributed by atoms with Crippen LogP contribution < -0.4 is 5.32 Å². The third-order valence-corrected chi connectivity index (χ3v) is 6.23. The number of hydrogen-bond acceptors (Lipinski definition) is 8. The molecule has 3 heterocycles. The van der Waals surface area contributed by atoms with E-state index in [2.05, 4.69) is 10.2 Å². The Kier molecular flexibility index (Phi) is 5.66. The first-order valence-corrected chi connectivity index (χ1v) is 10.2. The molecule has 0 spiro atoms. The van der Waals surface area contributed by atoms with Crippen LogP contribution in [0.2, 0.25) is 0 Å². The van der Waals surface area contributed by atoms with Gasteiger partial charge >= 0.3 is 0 Å². The highest BCUT2D eigenvalue weighted by Crippen LogP contribution is 2.38. The smallest absolute Gasteiger partial charge is 0.146 e. The number of rotatable bonds is 6. The second-order valence-electron chi connectivity index (χ2n) is 6.99. The van der Waals surface area contributed by atoms with Gasteiger partial charge in [0.05, 0.1) is 37.9 Å². The molecule has 142 valence electrons. The molecule has 0 radical (unpaired) electrons. The lowest BCUT2D eigenvalue weighted by molar-refractivity contribution is 0.0331. The van der Waals surface area contributed by atoms with Crippen LogP contribution in [0.1, 0.15) is 29.1 Å². The number of ether oxygens (including phenoxy) is 1. The lowest BCUT2D eigenvalue weighted by Crippen LogP contribution is -2.36. The lowest BCUT2D eigenvalue weighted by atomic mass is 9.97. The largest absolute Gasteiger partial charge is 0.394 e. The Bertz CT molecular complexity index is 760. The SMILES string of the molecule is OC[C@@H](O)CNc1nc(CN2CCOCC2)nc2sc3c(c12)CCCC3. The average molecular weight is 378 g/mol. The van der Waals surface area contributed by atoms with E-state index in [1.54, 1.807) is 11.3 Å². The Morgan fingerprint density at radius 3 is 2.81 bits per heavy atom. The van der Waals surface area contributed by atoms with Gasteiger partial charge in [-0.1, -0.05) is 0 Å². The highest BCUT2D eigenvalue weighted by molar-refractivity contribution is 7.19. The second kappa shape index (κ2) is 8.14. The molecule has 3 N–H and O–H groups in total. The standard InChI is InChI=1S/C18H26N4O3S/c23-11-12(24)9-19-17-16-13-3-1-2-4-14(13)26-18(16)21-15(20-17)10-22-5-7-25-8-6-22/h12,23-24H,1-11H2,(H,19,20,21)/t12-/m0/s1. The number of aliphatic hydroxyl groups excluding tert-OH is 2. The van der Waals surface area contributed by atoms with Gasteiger partial charge in [0.1, 0.15) is 16.5 Å². The first kappa shape index (κ1) is 18.1. The molecule has 1 aliphatic heterocycles. The van der Waals surface area contributed by atoms with E-state index in [1.165, 1.54) is 23.3 Å². The average Bonchev–Trinajstić information content (AvgIpc) is 3.05. The van der Waals surface area contributed by atoms with Crippen LogP contribution in [-0.2, 0) is 24.1 Å². The third kappa shape index (κ3) is 3.84. The number of nitrogens with one attached hydrogen (secondary N) is 1. The topological polar surface area (TPSA) is 90.7 Å². The first-order chi connectivity index (χ1) is 12.7. The molecule has 1 saturated heterocycles. The lowest BCUT2D eigenvalue weighted by Gasteiger charge is -2.26. The third-order valence-electron chi connectivity index (χ3n) is 5.05. The summed E-state index contributed by atoms with van der Waals surface area (Å²) in [6.45, 7) is 4.03. The van der Waals surface area contributed by atoms with Gasteiger partial charge in [0.2, 0.25) is 0 Å². The van der Waals surface area contributed by atoms with Gasteiger partial charge < -0.3 is 20.3 Å². The fourth-order valence-corrected chi connectivity index (χ4v) is 4.92. The Hall–Kier alpha value is -1.32. The van der Waals surface area contributed by atoms with Crippen molar-refractivity contribution in [3.8, 4) is 0 Å². The van der Waals surface area contributed by atoms with E-state index >= 15 is 0 Å². The zero-order chi connectivity index (χ0) is 17.9. The number of aromatic nitrogens is 2. The van der Waals surface area contributed by atoms with Gasteiger partial charge in [-0.15, -0.1) is 11.3 Å². The summed E-state index contributed by atoms with van der Waals surface area (Å²) in [5, 5.41) is 23.2. The second-order valence-corrected chi connectivity index (χ2v) is 8.07. The van der Waals surface area contributed by atoms with Crippen molar-refractivity contribution in [2.45, 2.75) is 38.3 Å². The summed E-state index contributed by atoms with van der Waals surface area (Å²) in [4.78, 5) is 14.4. The Labute approximate surface area is 157 Å². The van der Waals surface area contributed by atoms with Crippen LogP contribution in [0, 0.1) is 0 Å². The van der Waals surface area contributed by atoms with E-state index in [1.807, 2.05) is 0 Å². The molecule has 1 aliphatic carbocycles. The number of hydrogen-bond donors (Lipinski definition) is 3. The molecule has 1 atom stereocenters. The number of morpholine rings is 1. The van der Waals surface area contributed by atoms with Crippen molar-refractivity contribution in [1.29, 1.82) is 0 Å². The predicted molar refractivity (Wildman–Crippen MR) is 102 cm³/mol. The van der Waals surface area contributed by atoms with E-state index in [4.69, 9.17) is 19.8 Å². The van der Waals surface area contributed by atoms with Crippen LogP contribution in [0.5, 0.6) is 0 Å². The molecule has 1 fully saturated rings. The van der Waals surface area contributed by atoms with Crippen LogP contribution in [0.15, 0.2) is 0 Å².